The molecule has 6 heteroatoms. The molecule has 0 aliphatic carbocycles. The third kappa shape index (κ3) is 4.53. The first-order chi connectivity index (χ1) is 7.91. The van der Waals surface area contributed by atoms with Crippen LogP contribution in [-0.4, -0.2) is 29.7 Å². The summed E-state index contributed by atoms with van der Waals surface area (Å²) >= 11 is 5.42. The van der Waals surface area contributed by atoms with Gasteiger partial charge in [0.2, 0.25) is 0 Å². The predicted molar refractivity (Wildman–Crippen MR) is 78.8 cm³/mol. The molecule has 1 aromatic rings. The fraction of sp³-hybridized carbons (Fsp3) is 0.364. The Morgan fingerprint density at radius 1 is 1.65 bits per heavy atom. The van der Waals surface area contributed by atoms with Crippen molar-refractivity contribution < 1.29 is 9.90 Å². The summed E-state index contributed by atoms with van der Waals surface area (Å²) in [6.45, 7) is 1.85. The van der Waals surface area contributed by atoms with Crippen molar-refractivity contribution >= 4 is 44.4 Å². The van der Waals surface area contributed by atoms with Gasteiger partial charge in [0.25, 0.3) is 5.91 Å². The Balaban J connectivity index is 2.67. The number of aliphatic hydroxyl groups is 1. The second-order valence-electron chi connectivity index (χ2n) is 3.74. The van der Waals surface area contributed by atoms with Gasteiger partial charge in [0.05, 0.1) is 11.7 Å². The van der Waals surface area contributed by atoms with Gasteiger partial charge in [-0.15, -0.1) is 0 Å². The van der Waals surface area contributed by atoms with Gasteiger partial charge in [-0.05, 0) is 47.7 Å². The fourth-order valence-corrected chi connectivity index (χ4v) is 2.09. The van der Waals surface area contributed by atoms with E-state index in [4.69, 9.17) is 5.73 Å². The maximum atomic E-state index is 11.9. The van der Waals surface area contributed by atoms with E-state index in [1.165, 1.54) is 0 Å². The molecule has 0 spiro atoms. The molecule has 1 amide bonds. The fourth-order valence-electron chi connectivity index (χ4n) is 1.15. The molecular weight excluding hydrogens is 399 g/mol. The molecule has 4 N–H and O–H groups in total. The molecule has 1 rings (SSSR count). The van der Waals surface area contributed by atoms with Gasteiger partial charge in [-0.2, -0.15) is 0 Å². The van der Waals surface area contributed by atoms with E-state index in [1.54, 1.807) is 13.0 Å². The molecule has 0 aliphatic rings. The van der Waals surface area contributed by atoms with Crippen LogP contribution < -0.4 is 11.1 Å². The molecule has 0 fully saturated rings. The van der Waals surface area contributed by atoms with Crippen molar-refractivity contribution in [3.63, 3.8) is 0 Å². The number of nitrogens with one attached hydrogen (secondary N) is 1. The van der Waals surface area contributed by atoms with Crippen LogP contribution in [0.1, 0.15) is 17.3 Å². The zero-order chi connectivity index (χ0) is 13.0. The van der Waals surface area contributed by atoms with Crippen molar-refractivity contribution in [2.75, 3.05) is 6.54 Å². The normalized spacial score (nSPS) is 14.2. The molecule has 0 bridgehead atoms. The van der Waals surface area contributed by atoms with Crippen LogP contribution in [0.2, 0.25) is 0 Å². The summed E-state index contributed by atoms with van der Waals surface area (Å²) in [6.07, 6.45) is -0.642. The molecule has 0 saturated heterocycles. The lowest BCUT2D eigenvalue weighted by Crippen LogP contribution is -2.43. The Labute approximate surface area is 122 Å². The average molecular weight is 413 g/mol. The van der Waals surface area contributed by atoms with E-state index in [0.29, 0.717) is 5.56 Å². The first kappa shape index (κ1) is 14.9. The summed E-state index contributed by atoms with van der Waals surface area (Å²) in [4.78, 5) is 11.9. The van der Waals surface area contributed by atoms with E-state index in [0.717, 1.165) is 8.04 Å². The molecule has 94 valence electrons. The van der Waals surface area contributed by atoms with E-state index in [2.05, 4.69) is 43.8 Å². The van der Waals surface area contributed by atoms with Gasteiger partial charge >= 0.3 is 0 Å². The molecule has 1 aromatic carbocycles. The highest BCUT2D eigenvalue weighted by atomic mass is 127. The van der Waals surface area contributed by atoms with Gasteiger partial charge in [0, 0.05) is 20.6 Å². The average Bonchev–Trinajstić information content (AvgIpc) is 2.28. The van der Waals surface area contributed by atoms with E-state index >= 15 is 0 Å². The van der Waals surface area contributed by atoms with Gasteiger partial charge in [-0.3, -0.25) is 4.79 Å². The molecule has 0 saturated carbocycles. The minimum absolute atomic E-state index is 0.188. The van der Waals surface area contributed by atoms with Gasteiger partial charge in [-0.25, -0.2) is 0 Å². The van der Waals surface area contributed by atoms with Gasteiger partial charge in [0.1, 0.15) is 0 Å². The zero-order valence-corrected chi connectivity index (χ0v) is 13.0. The number of carbonyl (C=O) groups is 1. The van der Waals surface area contributed by atoms with Crippen LogP contribution in [0.15, 0.2) is 22.7 Å². The minimum atomic E-state index is -0.642. The monoisotopic (exact) mass is 412 g/mol. The van der Waals surface area contributed by atoms with E-state index in [1.807, 2.05) is 12.1 Å². The molecule has 0 aromatic heterocycles. The van der Waals surface area contributed by atoms with Gasteiger partial charge in [0.15, 0.2) is 0 Å². The number of amides is 1. The lowest BCUT2D eigenvalue weighted by molar-refractivity contribution is 0.0936. The second kappa shape index (κ2) is 6.67. The number of hydrogen-bond donors (Lipinski definition) is 3. The molecule has 0 heterocycles. The SMILES string of the molecule is CC(O)C(N)CNC(=O)c1cc(Br)ccc1I. The number of hydrogen-bond acceptors (Lipinski definition) is 3. The van der Waals surface area contributed by atoms with Gasteiger partial charge in [-0.1, -0.05) is 15.9 Å². The lowest BCUT2D eigenvalue weighted by Gasteiger charge is -2.15. The van der Waals surface area contributed by atoms with Crippen LogP contribution in [0.5, 0.6) is 0 Å². The first-order valence-corrected chi connectivity index (χ1v) is 6.96. The highest BCUT2D eigenvalue weighted by Crippen LogP contribution is 2.18. The third-order valence-electron chi connectivity index (χ3n) is 2.29. The Morgan fingerprint density at radius 3 is 2.88 bits per heavy atom. The van der Waals surface area contributed by atoms with Crippen molar-refractivity contribution in [2.45, 2.75) is 19.1 Å². The van der Waals surface area contributed by atoms with Crippen LogP contribution in [-0.2, 0) is 0 Å². The highest BCUT2D eigenvalue weighted by Gasteiger charge is 2.14. The molecular formula is C11H14BrIN2O2. The van der Waals surface area contributed by atoms with Crippen molar-refractivity contribution in [2.24, 2.45) is 5.73 Å². The quantitative estimate of drug-likeness (QED) is 0.656. The summed E-state index contributed by atoms with van der Waals surface area (Å²) in [5.74, 6) is -0.188. The summed E-state index contributed by atoms with van der Waals surface area (Å²) < 4.78 is 1.72. The van der Waals surface area contributed by atoms with Crippen molar-refractivity contribution in [3.05, 3.63) is 31.8 Å². The number of carbonyl (C=O) groups excluding carboxylic acids is 1. The van der Waals surface area contributed by atoms with E-state index in [9.17, 15) is 9.90 Å². The lowest BCUT2D eigenvalue weighted by atomic mass is 10.2. The molecule has 2 unspecified atom stereocenters. The van der Waals surface area contributed by atoms with Gasteiger partial charge < -0.3 is 16.2 Å². The number of benzene rings is 1. The smallest absolute Gasteiger partial charge is 0.252 e. The predicted octanol–water partition coefficient (Wildman–Crippen LogP) is 1.49. The molecule has 2 atom stereocenters. The third-order valence-corrected chi connectivity index (χ3v) is 3.72. The Hall–Kier alpha value is -0.180. The molecule has 0 radical (unpaired) electrons. The van der Waals surface area contributed by atoms with Crippen LogP contribution in [0, 0.1) is 3.57 Å². The molecule has 4 nitrogen and oxygen atoms in total. The molecule has 17 heavy (non-hydrogen) atoms. The largest absolute Gasteiger partial charge is 0.392 e. The maximum Gasteiger partial charge on any atom is 0.252 e. The number of aliphatic hydroxyl groups excluding tert-OH is 1. The van der Waals surface area contributed by atoms with Crippen LogP contribution in [0.25, 0.3) is 0 Å². The minimum Gasteiger partial charge on any atom is -0.392 e. The van der Waals surface area contributed by atoms with E-state index in [-0.39, 0.29) is 12.5 Å². The van der Waals surface area contributed by atoms with Crippen LogP contribution >= 0.6 is 38.5 Å². The van der Waals surface area contributed by atoms with Crippen LogP contribution in [0.4, 0.5) is 0 Å². The standard InChI is InChI=1S/C11H14BrIN2O2/c1-6(16)10(14)5-15-11(17)8-4-7(12)2-3-9(8)13/h2-4,6,10,16H,5,14H2,1H3,(H,15,17). The number of nitrogens with two attached hydrogens (primary N) is 1. The number of rotatable bonds is 4. The Bertz CT molecular complexity index is 412. The summed E-state index contributed by atoms with van der Waals surface area (Å²) in [7, 11) is 0. The van der Waals surface area contributed by atoms with Crippen molar-refractivity contribution in [3.8, 4) is 0 Å². The van der Waals surface area contributed by atoms with Crippen molar-refractivity contribution in [1.29, 1.82) is 0 Å². The Kier molecular flexibility index (Phi) is 5.84. The highest BCUT2D eigenvalue weighted by molar-refractivity contribution is 14.1. The van der Waals surface area contributed by atoms with Crippen molar-refractivity contribution in [1.82, 2.24) is 5.32 Å². The first-order valence-electron chi connectivity index (χ1n) is 5.08. The topological polar surface area (TPSA) is 75.3 Å². The van der Waals surface area contributed by atoms with Crippen LogP contribution in [0.3, 0.4) is 0 Å². The Morgan fingerprint density at radius 2 is 2.29 bits per heavy atom. The van der Waals surface area contributed by atoms with E-state index < -0.39 is 12.1 Å². The summed E-state index contributed by atoms with van der Waals surface area (Å²) in [6, 6.07) is 5.03. The maximum absolute atomic E-state index is 11.9. The summed E-state index contributed by atoms with van der Waals surface area (Å²) in [5.41, 5.74) is 6.23. The second-order valence-corrected chi connectivity index (χ2v) is 5.82. The summed E-state index contributed by atoms with van der Waals surface area (Å²) in [5, 5.41) is 11.9. The molecule has 0 aliphatic heterocycles. The zero-order valence-electron chi connectivity index (χ0n) is 9.28. The number of halogens is 2.